The second-order valence-corrected chi connectivity index (χ2v) is 5.36. The summed E-state index contributed by atoms with van der Waals surface area (Å²) in [6.45, 7) is 0.502. The number of rotatable bonds is 5. The van der Waals surface area contributed by atoms with E-state index in [4.69, 9.17) is 4.74 Å². The first-order valence-corrected chi connectivity index (χ1v) is 7.30. The third kappa shape index (κ3) is 4.16. The summed E-state index contributed by atoms with van der Waals surface area (Å²) in [6, 6.07) is 12.2. The van der Waals surface area contributed by atoms with Crippen LogP contribution in [0, 0.1) is 0 Å². The van der Waals surface area contributed by atoms with E-state index in [-0.39, 0.29) is 11.7 Å². The molecule has 0 spiro atoms. The lowest BCUT2D eigenvalue weighted by molar-refractivity contribution is 0.0955. The summed E-state index contributed by atoms with van der Waals surface area (Å²) in [5.41, 5.74) is 4.41. The highest BCUT2D eigenvalue weighted by Gasteiger charge is 2.05. The smallest absolute Gasteiger partial charge is 0.271 e. The van der Waals surface area contributed by atoms with E-state index in [1.54, 1.807) is 37.4 Å². The minimum absolute atomic E-state index is 0.0735. The van der Waals surface area contributed by atoms with Crippen molar-refractivity contribution in [2.75, 3.05) is 7.11 Å². The third-order valence-electron chi connectivity index (χ3n) is 2.91. The van der Waals surface area contributed by atoms with Gasteiger partial charge in [0.25, 0.3) is 5.91 Å². The normalized spacial score (nSPS) is 10.8. The van der Waals surface area contributed by atoms with Crippen molar-refractivity contribution in [3.8, 4) is 5.75 Å². The Hall–Kier alpha value is -2.18. The van der Waals surface area contributed by atoms with Crippen molar-refractivity contribution in [2.45, 2.75) is 6.61 Å². The molecule has 2 rings (SSSR count). The van der Waals surface area contributed by atoms with Gasteiger partial charge >= 0.3 is 0 Å². The van der Waals surface area contributed by atoms with E-state index in [1.165, 1.54) is 6.21 Å². The number of para-hydroxylation sites is 1. The fourth-order valence-corrected chi connectivity index (χ4v) is 2.16. The van der Waals surface area contributed by atoms with Crippen LogP contribution in [-0.4, -0.2) is 24.3 Å². The fraction of sp³-hybridized carbons (Fsp3) is 0.125. The number of phenolic OH excluding ortho intramolecular Hbond substituents is 1. The van der Waals surface area contributed by atoms with Crippen molar-refractivity contribution in [3.63, 3.8) is 0 Å². The Bertz CT molecular complexity index is 684. The average Bonchev–Trinajstić information content (AvgIpc) is 2.52. The number of carbonyl (C=O) groups is 1. The Morgan fingerprint density at radius 3 is 2.73 bits per heavy atom. The number of ether oxygens (including phenoxy) is 1. The number of halogens is 1. The van der Waals surface area contributed by atoms with Crippen molar-refractivity contribution < 1.29 is 14.6 Å². The second-order valence-electron chi connectivity index (χ2n) is 4.51. The summed E-state index contributed by atoms with van der Waals surface area (Å²) in [7, 11) is 1.62. The molecule has 114 valence electrons. The zero-order chi connectivity index (χ0) is 15.9. The molecule has 0 saturated carbocycles. The van der Waals surface area contributed by atoms with Crippen LogP contribution in [0.3, 0.4) is 0 Å². The molecule has 2 aromatic carbocycles. The van der Waals surface area contributed by atoms with Gasteiger partial charge in [0.1, 0.15) is 5.75 Å². The van der Waals surface area contributed by atoms with Gasteiger partial charge in [-0.15, -0.1) is 0 Å². The first-order chi connectivity index (χ1) is 10.6. The first-order valence-electron chi connectivity index (χ1n) is 6.50. The summed E-state index contributed by atoms with van der Waals surface area (Å²) >= 11 is 3.21. The number of hydrogen-bond donors (Lipinski definition) is 2. The number of aromatic hydroxyl groups is 1. The van der Waals surface area contributed by atoms with E-state index >= 15 is 0 Å². The molecule has 5 nitrogen and oxygen atoms in total. The minimum atomic E-state index is -0.324. The summed E-state index contributed by atoms with van der Waals surface area (Å²) in [4.78, 5) is 11.9. The van der Waals surface area contributed by atoms with Crippen molar-refractivity contribution in [1.29, 1.82) is 0 Å². The monoisotopic (exact) mass is 362 g/mol. The van der Waals surface area contributed by atoms with Gasteiger partial charge in [0.2, 0.25) is 0 Å². The molecule has 2 N–H and O–H groups in total. The predicted octanol–water partition coefficient (Wildman–Crippen LogP) is 3.07. The van der Waals surface area contributed by atoms with E-state index in [0.717, 1.165) is 5.56 Å². The second kappa shape index (κ2) is 7.72. The molecule has 2 aromatic rings. The zero-order valence-electron chi connectivity index (χ0n) is 11.9. The standard InChI is InChI=1S/C16H15BrN2O3/c1-22-10-11-5-7-12(8-6-11)16(21)19-18-9-13-3-2-4-14(17)15(13)20/h2-9,20H,10H2,1H3,(H,19,21)/b18-9+. The van der Waals surface area contributed by atoms with Crippen LogP contribution in [-0.2, 0) is 11.3 Å². The molecule has 0 unspecified atom stereocenters. The van der Waals surface area contributed by atoms with Gasteiger partial charge in [-0.1, -0.05) is 18.2 Å². The lowest BCUT2D eigenvalue weighted by Crippen LogP contribution is -2.17. The van der Waals surface area contributed by atoms with Crippen LogP contribution in [0.25, 0.3) is 0 Å². The lowest BCUT2D eigenvalue weighted by atomic mass is 10.1. The fourth-order valence-electron chi connectivity index (χ4n) is 1.78. The molecule has 0 atom stereocenters. The molecule has 6 heteroatoms. The SMILES string of the molecule is COCc1ccc(C(=O)N/N=C/c2cccc(Br)c2O)cc1. The Balaban J connectivity index is 2.00. The summed E-state index contributed by atoms with van der Waals surface area (Å²) in [5.74, 6) is -0.251. The molecule has 0 saturated heterocycles. The Morgan fingerprint density at radius 2 is 2.05 bits per heavy atom. The largest absolute Gasteiger partial charge is 0.506 e. The van der Waals surface area contributed by atoms with Crippen molar-refractivity contribution >= 4 is 28.1 Å². The van der Waals surface area contributed by atoms with E-state index in [1.807, 2.05) is 12.1 Å². The maximum atomic E-state index is 11.9. The Morgan fingerprint density at radius 1 is 1.32 bits per heavy atom. The quantitative estimate of drug-likeness (QED) is 0.634. The van der Waals surface area contributed by atoms with Gasteiger partial charge in [0, 0.05) is 18.2 Å². The van der Waals surface area contributed by atoms with E-state index in [2.05, 4.69) is 26.5 Å². The summed E-state index contributed by atoms with van der Waals surface area (Å²) < 4.78 is 5.58. The first kappa shape index (κ1) is 16.2. The van der Waals surface area contributed by atoms with Crippen LogP contribution in [0.15, 0.2) is 52.0 Å². The third-order valence-corrected chi connectivity index (χ3v) is 3.55. The summed E-state index contributed by atoms with van der Waals surface area (Å²) in [5, 5.41) is 13.6. The van der Waals surface area contributed by atoms with Crippen molar-refractivity contribution in [1.82, 2.24) is 5.43 Å². The minimum Gasteiger partial charge on any atom is -0.506 e. The van der Waals surface area contributed by atoms with Gasteiger partial charge in [-0.25, -0.2) is 5.43 Å². The van der Waals surface area contributed by atoms with Gasteiger partial charge in [-0.05, 0) is 45.8 Å². The van der Waals surface area contributed by atoms with Gasteiger partial charge in [-0.3, -0.25) is 4.79 Å². The highest BCUT2D eigenvalue weighted by atomic mass is 79.9. The molecule has 0 aliphatic rings. The summed E-state index contributed by atoms with van der Waals surface area (Å²) in [6.07, 6.45) is 1.39. The number of nitrogens with zero attached hydrogens (tertiary/aromatic N) is 1. The maximum Gasteiger partial charge on any atom is 0.271 e. The number of amides is 1. The topological polar surface area (TPSA) is 70.9 Å². The number of hydrogen-bond acceptors (Lipinski definition) is 4. The van der Waals surface area contributed by atoms with Crippen molar-refractivity contribution in [2.24, 2.45) is 5.10 Å². The molecule has 0 aromatic heterocycles. The van der Waals surface area contributed by atoms with E-state index in [9.17, 15) is 9.90 Å². The number of methoxy groups -OCH3 is 1. The zero-order valence-corrected chi connectivity index (χ0v) is 13.5. The maximum absolute atomic E-state index is 11.9. The molecule has 0 aliphatic heterocycles. The molecule has 0 heterocycles. The van der Waals surface area contributed by atoms with Gasteiger partial charge in [0.05, 0.1) is 17.3 Å². The molecule has 22 heavy (non-hydrogen) atoms. The van der Waals surface area contributed by atoms with Gasteiger partial charge < -0.3 is 9.84 Å². The average molecular weight is 363 g/mol. The van der Waals surface area contributed by atoms with Crippen LogP contribution in [0.1, 0.15) is 21.5 Å². The van der Waals surface area contributed by atoms with Crippen LogP contribution in [0.4, 0.5) is 0 Å². The molecule has 0 fully saturated rings. The van der Waals surface area contributed by atoms with Crippen LogP contribution in [0.2, 0.25) is 0 Å². The molecular formula is C16H15BrN2O3. The van der Waals surface area contributed by atoms with Crippen LogP contribution >= 0.6 is 15.9 Å². The number of phenols is 1. The number of hydrazone groups is 1. The van der Waals surface area contributed by atoms with Crippen LogP contribution < -0.4 is 5.43 Å². The highest BCUT2D eigenvalue weighted by molar-refractivity contribution is 9.10. The molecule has 0 bridgehead atoms. The van der Waals surface area contributed by atoms with E-state index in [0.29, 0.717) is 22.2 Å². The van der Waals surface area contributed by atoms with Gasteiger partial charge in [-0.2, -0.15) is 5.10 Å². The lowest BCUT2D eigenvalue weighted by Gasteiger charge is -2.03. The number of benzene rings is 2. The van der Waals surface area contributed by atoms with Gasteiger partial charge in [0.15, 0.2) is 0 Å². The van der Waals surface area contributed by atoms with Crippen molar-refractivity contribution in [3.05, 3.63) is 63.6 Å². The number of carbonyl (C=O) groups excluding carboxylic acids is 1. The predicted molar refractivity (Wildman–Crippen MR) is 88.0 cm³/mol. The van der Waals surface area contributed by atoms with Crippen LogP contribution in [0.5, 0.6) is 5.75 Å². The highest BCUT2D eigenvalue weighted by Crippen LogP contribution is 2.25. The molecular weight excluding hydrogens is 348 g/mol. The molecule has 0 radical (unpaired) electrons. The molecule has 1 amide bonds. The Labute approximate surface area is 136 Å². The molecule has 0 aliphatic carbocycles. The Kier molecular flexibility index (Phi) is 5.68. The number of nitrogens with one attached hydrogen (secondary N) is 1. The van der Waals surface area contributed by atoms with E-state index < -0.39 is 0 Å².